The minimum Gasteiger partial charge on any atom is -0.480 e. The van der Waals surface area contributed by atoms with E-state index in [9.17, 15) is 24.3 Å². The van der Waals surface area contributed by atoms with Crippen LogP contribution in [0.1, 0.15) is 13.8 Å². The summed E-state index contributed by atoms with van der Waals surface area (Å²) in [5.74, 6) is -4.23. The number of hydrogen-bond donors (Lipinski definition) is 8. The molecule has 11 nitrogen and oxygen atoms in total. The third kappa shape index (κ3) is 7.56. The van der Waals surface area contributed by atoms with Crippen LogP contribution in [0.3, 0.4) is 0 Å². The average molecular weight is 394 g/mol. The third-order valence-corrected chi connectivity index (χ3v) is 3.79. The summed E-state index contributed by atoms with van der Waals surface area (Å²) >= 11 is 3.85. The number of aliphatic hydroxyl groups is 2. The molecule has 0 aromatic rings. The van der Waals surface area contributed by atoms with Crippen molar-refractivity contribution < 1.29 is 34.5 Å². The fourth-order valence-corrected chi connectivity index (χ4v) is 1.96. The molecule has 0 spiro atoms. The predicted octanol–water partition coefficient (Wildman–Crippen LogP) is -3.58. The van der Waals surface area contributed by atoms with E-state index in [0.29, 0.717) is 0 Å². The molecule has 0 aliphatic carbocycles. The number of aliphatic hydroxyl groups excluding tert-OH is 2. The molecule has 0 fully saturated rings. The zero-order chi connectivity index (χ0) is 20.4. The Morgan fingerprint density at radius 1 is 0.923 bits per heavy atom. The summed E-state index contributed by atoms with van der Waals surface area (Å²) in [7, 11) is 0. The Hall–Kier alpha value is -1.89. The number of thiol groups is 1. The number of carbonyl (C=O) groups is 4. The molecule has 0 heterocycles. The Bertz CT molecular complexity index is 518. The minimum atomic E-state index is -1.53. The molecule has 0 saturated heterocycles. The lowest BCUT2D eigenvalue weighted by Gasteiger charge is -2.26. The van der Waals surface area contributed by atoms with Gasteiger partial charge in [0.05, 0.1) is 19.3 Å². The Kier molecular flexibility index (Phi) is 10.8. The molecular formula is C14H26N4O7S. The van der Waals surface area contributed by atoms with E-state index in [-0.39, 0.29) is 5.75 Å². The monoisotopic (exact) mass is 394 g/mol. The van der Waals surface area contributed by atoms with Crippen LogP contribution in [0.2, 0.25) is 0 Å². The normalized spacial score (nSPS) is 15.5. The number of hydrogen-bond acceptors (Lipinski definition) is 8. The summed E-state index contributed by atoms with van der Waals surface area (Å²) in [6.07, 6.45) is 0. The number of carbonyl (C=O) groups excluding carboxylic acids is 3. The van der Waals surface area contributed by atoms with Gasteiger partial charge in [0, 0.05) is 5.75 Å². The van der Waals surface area contributed by atoms with Crippen LogP contribution in [0.5, 0.6) is 0 Å². The summed E-state index contributed by atoms with van der Waals surface area (Å²) in [5.41, 5.74) is 5.47. The molecule has 0 aromatic heterocycles. The van der Waals surface area contributed by atoms with E-state index < -0.39 is 67.0 Å². The highest BCUT2D eigenvalue weighted by molar-refractivity contribution is 7.80. The van der Waals surface area contributed by atoms with Crippen LogP contribution in [0.4, 0.5) is 0 Å². The summed E-state index contributed by atoms with van der Waals surface area (Å²) < 4.78 is 0. The lowest BCUT2D eigenvalue weighted by Crippen LogP contribution is -2.59. The first-order valence-electron chi connectivity index (χ1n) is 7.81. The first-order chi connectivity index (χ1) is 12.1. The van der Waals surface area contributed by atoms with E-state index in [1.807, 2.05) is 0 Å². The maximum Gasteiger partial charge on any atom is 0.328 e. The summed E-state index contributed by atoms with van der Waals surface area (Å²) in [6, 6.07) is -5.01. The molecular weight excluding hydrogens is 368 g/mol. The molecule has 26 heavy (non-hydrogen) atoms. The molecule has 0 bridgehead atoms. The van der Waals surface area contributed by atoms with E-state index in [2.05, 4.69) is 28.6 Å². The fraction of sp³-hybridized carbons (Fsp3) is 0.714. The van der Waals surface area contributed by atoms with Gasteiger partial charge >= 0.3 is 5.97 Å². The number of nitrogens with one attached hydrogen (secondary N) is 3. The zero-order valence-electron chi connectivity index (χ0n) is 14.5. The van der Waals surface area contributed by atoms with Gasteiger partial charge in [0.2, 0.25) is 17.7 Å². The van der Waals surface area contributed by atoms with Crippen LogP contribution in [0.15, 0.2) is 0 Å². The van der Waals surface area contributed by atoms with Gasteiger partial charge in [-0.15, -0.1) is 0 Å². The van der Waals surface area contributed by atoms with Gasteiger partial charge in [0.25, 0.3) is 0 Å². The number of aliphatic carboxylic acids is 1. The molecule has 0 aliphatic heterocycles. The second-order valence-corrected chi connectivity index (χ2v) is 6.21. The molecule has 8 N–H and O–H groups in total. The van der Waals surface area contributed by atoms with E-state index in [1.54, 1.807) is 13.8 Å². The van der Waals surface area contributed by atoms with Crippen molar-refractivity contribution in [3.05, 3.63) is 0 Å². The van der Waals surface area contributed by atoms with Gasteiger partial charge in [-0.2, -0.15) is 12.6 Å². The van der Waals surface area contributed by atoms with E-state index in [1.165, 1.54) is 0 Å². The zero-order valence-corrected chi connectivity index (χ0v) is 15.4. The predicted molar refractivity (Wildman–Crippen MR) is 94.3 cm³/mol. The quantitative estimate of drug-likeness (QED) is 0.165. The molecule has 0 rings (SSSR count). The number of nitrogens with two attached hydrogens (primary N) is 1. The number of amides is 3. The average Bonchev–Trinajstić information content (AvgIpc) is 2.59. The van der Waals surface area contributed by atoms with Crippen LogP contribution in [-0.2, 0) is 19.2 Å². The van der Waals surface area contributed by atoms with E-state index in [4.69, 9.17) is 15.9 Å². The molecule has 0 radical (unpaired) electrons. The maximum atomic E-state index is 12.2. The molecule has 12 heteroatoms. The Balaban J connectivity index is 5.06. The number of carboxylic acid groups (broad SMARTS) is 1. The van der Waals surface area contributed by atoms with E-state index in [0.717, 1.165) is 0 Å². The lowest BCUT2D eigenvalue weighted by atomic mass is 10.0. The van der Waals surface area contributed by atoms with Gasteiger partial charge in [-0.3, -0.25) is 14.4 Å². The van der Waals surface area contributed by atoms with Crippen LogP contribution >= 0.6 is 12.6 Å². The van der Waals surface area contributed by atoms with Gasteiger partial charge in [-0.25, -0.2) is 4.79 Å². The molecule has 4 unspecified atom stereocenters. The highest BCUT2D eigenvalue weighted by Gasteiger charge is 2.31. The molecule has 150 valence electrons. The Morgan fingerprint density at radius 2 is 1.42 bits per heavy atom. The SMILES string of the molecule is CC(C)C(NC(=O)C(CO)NC(=O)C(N)CS)C(=O)NC(CO)C(=O)O. The minimum absolute atomic E-state index is 0.0281. The second-order valence-electron chi connectivity index (χ2n) is 5.85. The third-order valence-electron chi connectivity index (χ3n) is 3.39. The smallest absolute Gasteiger partial charge is 0.328 e. The fourth-order valence-electron chi connectivity index (χ4n) is 1.79. The Labute approximate surface area is 156 Å². The van der Waals surface area contributed by atoms with Crippen molar-refractivity contribution in [3.63, 3.8) is 0 Å². The van der Waals surface area contributed by atoms with Crippen LogP contribution < -0.4 is 21.7 Å². The van der Waals surface area contributed by atoms with Gasteiger partial charge in [0.1, 0.15) is 18.1 Å². The van der Waals surface area contributed by atoms with Crippen molar-refractivity contribution in [2.45, 2.75) is 38.0 Å². The van der Waals surface area contributed by atoms with Gasteiger partial charge in [-0.05, 0) is 5.92 Å². The van der Waals surface area contributed by atoms with Crippen molar-refractivity contribution in [3.8, 4) is 0 Å². The first kappa shape index (κ1) is 24.1. The van der Waals surface area contributed by atoms with Crippen molar-refractivity contribution in [1.29, 1.82) is 0 Å². The molecule has 3 amide bonds. The maximum absolute atomic E-state index is 12.2. The summed E-state index contributed by atoms with van der Waals surface area (Å²) in [6.45, 7) is 1.64. The van der Waals surface area contributed by atoms with Crippen LogP contribution in [0, 0.1) is 5.92 Å². The van der Waals surface area contributed by atoms with Crippen LogP contribution in [-0.4, -0.2) is 82.1 Å². The van der Waals surface area contributed by atoms with Gasteiger partial charge in [-0.1, -0.05) is 13.8 Å². The lowest BCUT2D eigenvalue weighted by molar-refractivity contribution is -0.143. The highest BCUT2D eigenvalue weighted by Crippen LogP contribution is 2.04. The molecule has 0 aliphatic rings. The van der Waals surface area contributed by atoms with Crippen molar-refractivity contribution >= 4 is 36.3 Å². The second kappa shape index (κ2) is 11.7. The Morgan fingerprint density at radius 3 is 1.81 bits per heavy atom. The van der Waals surface area contributed by atoms with Crippen molar-refractivity contribution in [2.24, 2.45) is 11.7 Å². The standard InChI is InChI=1S/C14H26N4O7S/c1-6(2)10(13(23)17-9(4-20)14(24)25)18-12(22)8(3-19)16-11(21)7(15)5-26/h6-10,19-20,26H,3-5,15H2,1-2H3,(H,16,21)(H,17,23)(H,18,22)(H,24,25). The summed E-state index contributed by atoms with van der Waals surface area (Å²) in [4.78, 5) is 47.0. The molecule has 4 atom stereocenters. The highest BCUT2D eigenvalue weighted by atomic mass is 32.1. The molecule has 0 saturated carbocycles. The van der Waals surface area contributed by atoms with Gasteiger partial charge < -0.3 is 37.0 Å². The first-order valence-corrected chi connectivity index (χ1v) is 8.44. The van der Waals surface area contributed by atoms with Crippen LogP contribution in [0.25, 0.3) is 0 Å². The van der Waals surface area contributed by atoms with Crippen molar-refractivity contribution in [2.75, 3.05) is 19.0 Å². The number of carboxylic acids is 1. The largest absolute Gasteiger partial charge is 0.480 e. The topological polar surface area (TPSA) is 191 Å². The molecule has 0 aromatic carbocycles. The van der Waals surface area contributed by atoms with E-state index >= 15 is 0 Å². The van der Waals surface area contributed by atoms with Crippen molar-refractivity contribution in [1.82, 2.24) is 16.0 Å². The summed E-state index contributed by atoms with van der Waals surface area (Å²) in [5, 5.41) is 33.8. The van der Waals surface area contributed by atoms with Gasteiger partial charge in [0.15, 0.2) is 0 Å². The number of rotatable bonds is 11.